The van der Waals surface area contributed by atoms with E-state index in [1.54, 1.807) is 30.0 Å². The molecule has 0 saturated carbocycles. The molecule has 0 amide bonds. The fraction of sp³-hybridized carbons (Fsp3) is 0.125. The van der Waals surface area contributed by atoms with Crippen LogP contribution in [0.5, 0.6) is 5.75 Å². The Kier molecular flexibility index (Phi) is 3.75. The lowest BCUT2D eigenvalue weighted by molar-refractivity contribution is 0.414. The van der Waals surface area contributed by atoms with Crippen LogP contribution in [0.25, 0.3) is 11.0 Å². The van der Waals surface area contributed by atoms with E-state index in [0.717, 1.165) is 21.2 Å². The maximum absolute atomic E-state index is 12.1. The summed E-state index contributed by atoms with van der Waals surface area (Å²) < 4.78 is 7.70. The summed E-state index contributed by atoms with van der Waals surface area (Å²) in [7, 11) is 1.63. The van der Waals surface area contributed by atoms with Gasteiger partial charge in [-0.05, 0) is 45.8 Å². The summed E-state index contributed by atoms with van der Waals surface area (Å²) in [6.45, 7) is 0.481. The molecule has 0 aliphatic carbocycles. The van der Waals surface area contributed by atoms with Gasteiger partial charge in [0, 0.05) is 22.1 Å². The highest BCUT2D eigenvalue weighted by molar-refractivity contribution is 9.10. The first-order valence-corrected chi connectivity index (χ1v) is 7.25. The molecule has 0 spiro atoms. The normalized spacial score (nSPS) is 10.8. The Morgan fingerprint density at radius 3 is 2.67 bits per heavy atom. The van der Waals surface area contributed by atoms with Crippen LogP contribution in [0.4, 0.5) is 0 Å². The summed E-state index contributed by atoms with van der Waals surface area (Å²) in [6.07, 6.45) is 1.70. The van der Waals surface area contributed by atoms with Crippen LogP contribution in [0.2, 0.25) is 0 Å². The molecule has 0 aliphatic rings. The molecule has 0 unspecified atom stereocenters. The number of halogens is 1. The van der Waals surface area contributed by atoms with E-state index >= 15 is 0 Å². The first-order valence-electron chi connectivity index (χ1n) is 6.45. The highest BCUT2D eigenvalue weighted by Gasteiger charge is 2.06. The molecule has 5 heteroatoms. The number of fused-ring (bicyclic) bond motifs is 1. The second kappa shape index (κ2) is 5.69. The smallest absolute Gasteiger partial charge is 0.252 e. The van der Waals surface area contributed by atoms with Crippen molar-refractivity contribution in [2.24, 2.45) is 0 Å². The first-order chi connectivity index (χ1) is 10.2. The highest BCUT2D eigenvalue weighted by atomic mass is 79.9. The van der Waals surface area contributed by atoms with Gasteiger partial charge in [-0.2, -0.15) is 0 Å². The lowest BCUT2D eigenvalue weighted by Gasteiger charge is -2.10. The monoisotopic (exact) mass is 344 g/mol. The minimum atomic E-state index is -0.0619. The molecule has 3 aromatic rings. The van der Waals surface area contributed by atoms with Crippen LogP contribution in [0.1, 0.15) is 5.56 Å². The molecule has 1 aromatic carbocycles. The van der Waals surface area contributed by atoms with E-state index < -0.39 is 0 Å². The molecule has 2 aromatic heterocycles. The molecule has 0 bridgehead atoms. The van der Waals surface area contributed by atoms with Crippen molar-refractivity contribution < 1.29 is 4.74 Å². The van der Waals surface area contributed by atoms with E-state index in [9.17, 15) is 4.79 Å². The van der Waals surface area contributed by atoms with Gasteiger partial charge in [0.1, 0.15) is 11.4 Å². The molecule has 0 fully saturated rings. The predicted octanol–water partition coefficient (Wildman–Crippen LogP) is 3.22. The third-order valence-electron chi connectivity index (χ3n) is 3.29. The highest BCUT2D eigenvalue weighted by Crippen LogP contribution is 2.17. The Bertz CT molecular complexity index is 841. The van der Waals surface area contributed by atoms with Gasteiger partial charge in [-0.1, -0.05) is 12.1 Å². The van der Waals surface area contributed by atoms with Gasteiger partial charge in [-0.15, -0.1) is 0 Å². The van der Waals surface area contributed by atoms with E-state index in [0.29, 0.717) is 12.2 Å². The lowest BCUT2D eigenvalue weighted by atomic mass is 10.2. The van der Waals surface area contributed by atoms with Crippen molar-refractivity contribution in [1.82, 2.24) is 9.55 Å². The zero-order chi connectivity index (χ0) is 14.8. The quantitative estimate of drug-likeness (QED) is 0.732. The van der Waals surface area contributed by atoms with Crippen molar-refractivity contribution in [2.75, 3.05) is 7.11 Å². The summed E-state index contributed by atoms with van der Waals surface area (Å²) in [5.41, 5.74) is 1.64. The summed E-state index contributed by atoms with van der Waals surface area (Å²) in [5.74, 6) is 0.797. The second-order valence-corrected chi connectivity index (χ2v) is 5.59. The van der Waals surface area contributed by atoms with Gasteiger partial charge in [0.25, 0.3) is 5.56 Å². The molecule has 0 radical (unpaired) electrons. The summed E-state index contributed by atoms with van der Waals surface area (Å²) in [5, 5.41) is 0.928. The van der Waals surface area contributed by atoms with Gasteiger partial charge in [0.15, 0.2) is 0 Å². The van der Waals surface area contributed by atoms with E-state index in [4.69, 9.17) is 4.74 Å². The second-order valence-electron chi connectivity index (χ2n) is 4.67. The number of rotatable bonds is 3. The van der Waals surface area contributed by atoms with Crippen LogP contribution < -0.4 is 10.3 Å². The number of benzene rings is 1. The average molecular weight is 345 g/mol. The van der Waals surface area contributed by atoms with Crippen LogP contribution in [0.3, 0.4) is 0 Å². The Labute approximate surface area is 130 Å². The minimum absolute atomic E-state index is 0.0619. The van der Waals surface area contributed by atoms with Crippen LogP contribution in [-0.4, -0.2) is 16.7 Å². The number of nitrogens with zero attached hydrogens (tertiary/aromatic N) is 2. The van der Waals surface area contributed by atoms with Crippen molar-refractivity contribution in [1.29, 1.82) is 0 Å². The van der Waals surface area contributed by atoms with Gasteiger partial charge < -0.3 is 4.74 Å². The van der Waals surface area contributed by atoms with Crippen LogP contribution >= 0.6 is 15.9 Å². The molecule has 106 valence electrons. The molecular formula is C16H13BrN2O2. The van der Waals surface area contributed by atoms with Crippen molar-refractivity contribution in [3.8, 4) is 5.75 Å². The van der Waals surface area contributed by atoms with Gasteiger partial charge >= 0.3 is 0 Å². The summed E-state index contributed by atoms with van der Waals surface area (Å²) in [6, 6.07) is 13.0. The number of aromatic nitrogens is 2. The minimum Gasteiger partial charge on any atom is -0.497 e. The zero-order valence-electron chi connectivity index (χ0n) is 11.4. The summed E-state index contributed by atoms with van der Waals surface area (Å²) in [4.78, 5) is 16.5. The Morgan fingerprint density at radius 2 is 1.95 bits per heavy atom. The Hall–Kier alpha value is -2.14. The maximum Gasteiger partial charge on any atom is 0.252 e. The third-order valence-corrected chi connectivity index (χ3v) is 3.72. The SMILES string of the molecule is COc1ccc(Cn2c(=O)ccc3cc(Br)cnc32)cc1. The van der Waals surface area contributed by atoms with E-state index in [2.05, 4.69) is 20.9 Å². The summed E-state index contributed by atoms with van der Waals surface area (Å²) >= 11 is 3.39. The van der Waals surface area contributed by atoms with Crippen LogP contribution in [0, 0.1) is 0 Å². The zero-order valence-corrected chi connectivity index (χ0v) is 13.0. The third kappa shape index (κ3) is 2.83. The first kappa shape index (κ1) is 13.8. The topological polar surface area (TPSA) is 44.1 Å². The number of methoxy groups -OCH3 is 1. The molecule has 0 N–H and O–H groups in total. The van der Waals surface area contributed by atoms with Crippen LogP contribution in [0.15, 0.2) is 57.9 Å². The molecule has 2 heterocycles. The standard InChI is InChI=1S/C16H13BrN2O2/c1-21-14-5-2-11(3-6-14)10-19-15(20)7-4-12-8-13(17)9-18-16(12)19/h2-9H,10H2,1H3. The van der Waals surface area contributed by atoms with Crippen molar-refractivity contribution in [3.05, 3.63) is 69.1 Å². The van der Waals surface area contributed by atoms with Gasteiger partial charge in [0.05, 0.1) is 13.7 Å². The predicted molar refractivity (Wildman–Crippen MR) is 85.8 cm³/mol. The molecule has 21 heavy (non-hydrogen) atoms. The van der Waals surface area contributed by atoms with Crippen molar-refractivity contribution >= 4 is 27.0 Å². The number of hydrogen-bond donors (Lipinski definition) is 0. The number of hydrogen-bond acceptors (Lipinski definition) is 3. The average Bonchev–Trinajstić information content (AvgIpc) is 2.51. The van der Waals surface area contributed by atoms with Gasteiger partial charge in [-0.25, -0.2) is 4.98 Å². The molecule has 4 nitrogen and oxygen atoms in total. The largest absolute Gasteiger partial charge is 0.497 e. The van der Waals surface area contributed by atoms with E-state index in [1.165, 1.54) is 0 Å². The van der Waals surface area contributed by atoms with E-state index in [1.807, 2.05) is 30.3 Å². The molecule has 3 rings (SSSR count). The lowest BCUT2D eigenvalue weighted by Crippen LogP contribution is -2.20. The Balaban J connectivity index is 2.06. The molecule has 0 saturated heterocycles. The molecule has 0 aliphatic heterocycles. The Morgan fingerprint density at radius 1 is 1.19 bits per heavy atom. The fourth-order valence-corrected chi connectivity index (χ4v) is 2.57. The fourth-order valence-electron chi connectivity index (χ4n) is 2.22. The number of pyridine rings is 2. The van der Waals surface area contributed by atoms with Crippen molar-refractivity contribution in [2.45, 2.75) is 6.54 Å². The van der Waals surface area contributed by atoms with Crippen LogP contribution in [-0.2, 0) is 6.54 Å². The maximum atomic E-state index is 12.1. The number of ether oxygens (including phenoxy) is 1. The molecule has 0 atom stereocenters. The van der Waals surface area contributed by atoms with E-state index in [-0.39, 0.29) is 5.56 Å². The van der Waals surface area contributed by atoms with Crippen molar-refractivity contribution in [3.63, 3.8) is 0 Å². The van der Waals surface area contributed by atoms with Gasteiger partial charge in [-0.3, -0.25) is 9.36 Å². The molecular weight excluding hydrogens is 332 g/mol. The van der Waals surface area contributed by atoms with Gasteiger partial charge in [0.2, 0.25) is 0 Å².